The molecule has 1 fully saturated rings. The zero-order valence-corrected chi connectivity index (χ0v) is 5.52. The van der Waals surface area contributed by atoms with Crippen LogP contribution in [0.15, 0.2) is 0 Å². The average Bonchev–Trinajstić information content (AvgIpc) is 1.66. The van der Waals surface area contributed by atoms with Crippen LogP contribution in [0, 0.1) is 17.8 Å². The standard InChI is InChI=1S/C7H13O/c1-7(2)4-3-6(7)5-8/h4,6,8H,3,5H2,1-2H3. The van der Waals surface area contributed by atoms with E-state index in [1.807, 2.05) is 0 Å². The van der Waals surface area contributed by atoms with E-state index in [1.54, 1.807) is 0 Å². The lowest BCUT2D eigenvalue weighted by molar-refractivity contribution is 0.0789. The van der Waals surface area contributed by atoms with Crippen LogP contribution >= 0.6 is 0 Å². The lowest BCUT2D eigenvalue weighted by Crippen LogP contribution is -2.37. The van der Waals surface area contributed by atoms with Crippen LogP contribution in [0.1, 0.15) is 20.3 Å². The lowest BCUT2D eigenvalue weighted by Gasteiger charge is -2.43. The molecule has 0 aliphatic heterocycles. The molecule has 1 atom stereocenters. The van der Waals surface area contributed by atoms with Gasteiger partial charge in [0.05, 0.1) is 0 Å². The second-order valence-electron chi connectivity index (χ2n) is 3.14. The Morgan fingerprint density at radius 3 is 2.38 bits per heavy atom. The van der Waals surface area contributed by atoms with E-state index in [9.17, 15) is 0 Å². The second-order valence-corrected chi connectivity index (χ2v) is 3.14. The number of aliphatic hydroxyl groups is 1. The van der Waals surface area contributed by atoms with Gasteiger partial charge in [-0.1, -0.05) is 13.8 Å². The Kier molecular flexibility index (Phi) is 1.31. The normalized spacial score (nSPS) is 34.1. The third kappa shape index (κ3) is 0.752. The van der Waals surface area contributed by atoms with Gasteiger partial charge in [-0.2, -0.15) is 0 Å². The molecular formula is C7H13O. The van der Waals surface area contributed by atoms with E-state index >= 15 is 0 Å². The number of hydrogen-bond acceptors (Lipinski definition) is 1. The van der Waals surface area contributed by atoms with Crippen molar-refractivity contribution in [2.24, 2.45) is 11.3 Å². The van der Waals surface area contributed by atoms with Gasteiger partial charge >= 0.3 is 0 Å². The van der Waals surface area contributed by atoms with Crippen LogP contribution in [0.3, 0.4) is 0 Å². The van der Waals surface area contributed by atoms with E-state index in [4.69, 9.17) is 5.11 Å². The van der Waals surface area contributed by atoms with Crippen LogP contribution in [0.4, 0.5) is 0 Å². The molecule has 1 rings (SSSR count). The smallest absolute Gasteiger partial charge is 0.0464 e. The Labute approximate surface area is 50.7 Å². The first-order valence-electron chi connectivity index (χ1n) is 3.12. The summed E-state index contributed by atoms with van der Waals surface area (Å²) >= 11 is 0. The largest absolute Gasteiger partial charge is 0.396 e. The molecule has 1 N–H and O–H groups in total. The molecule has 1 heteroatoms. The summed E-state index contributed by atoms with van der Waals surface area (Å²) in [4.78, 5) is 0. The van der Waals surface area contributed by atoms with Gasteiger partial charge in [-0.05, 0) is 24.2 Å². The fourth-order valence-electron chi connectivity index (χ4n) is 1.07. The van der Waals surface area contributed by atoms with Crippen molar-refractivity contribution in [1.82, 2.24) is 0 Å². The van der Waals surface area contributed by atoms with E-state index in [0.717, 1.165) is 6.42 Å². The number of rotatable bonds is 1. The molecule has 1 nitrogen and oxygen atoms in total. The van der Waals surface area contributed by atoms with E-state index in [1.165, 1.54) is 0 Å². The first-order valence-corrected chi connectivity index (χ1v) is 3.12. The summed E-state index contributed by atoms with van der Waals surface area (Å²) in [5.74, 6) is 0.530. The van der Waals surface area contributed by atoms with Gasteiger partial charge in [0.1, 0.15) is 0 Å². The Balaban J connectivity index is 2.37. The monoisotopic (exact) mass is 113 g/mol. The Morgan fingerprint density at radius 1 is 1.75 bits per heavy atom. The summed E-state index contributed by atoms with van der Waals surface area (Å²) in [7, 11) is 0. The molecule has 1 radical (unpaired) electrons. The zero-order chi connectivity index (χ0) is 6.20. The van der Waals surface area contributed by atoms with Crippen molar-refractivity contribution in [2.75, 3.05) is 6.61 Å². The van der Waals surface area contributed by atoms with Crippen molar-refractivity contribution in [2.45, 2.75) is 20.3 Å². The van der Waals surface area contributed by atoms with Gasteiger partial charge in [-0.3, -0.25) is 0 Å². The lowest BCUT2D eigenvalue weighted by atomic mass is 9.63. The van der Waals surface area contributed by atoms with Crippen LogP contribution < -0.4 is 0 Å². The second kappa shape index (κ2) is 1.73. The molecule has 1 saturated carbocycles. The molecule has 0 spiro atoms. The zero-order valence-electron chi connectivity index (χ0n) is 5.52. The minimum absolute atomic E-state index is 0.314. The highest BCUT2D eigenvalue weighted by molar-refractivity contribution is 5.02. The third-order valence-electron chi connectivity index (χ3n) is 2.20. The van der Waals surface area contributed by atoms with Gasteiger partial charge in [0.25, 0.3) is 0 Å². The summed E-state index contributed by atoms with van der Waals surface area (Å²) in [6, 6.07) is 0. The van der Waals surface area contributed by atoms with Crippen LogP contribution in [-0.2, 0) is 0 Å². The maximum absolute atomic E-state index is 8.70. The summed E-state index contributed by atoms with van der Waals surface area (Å²) in [5, 5.41) is 8.70. The molecule has 1 unspecified atom stereocenters. The summed E-state index contributed by atoms with van der Waals surface area (Å²) in [6.45, 7) is 4.68. The van der Waals surface area contributed by atoms with Crippen LogP contribution in [0.5, 0.6) is 0 Å². The quantitative estimate of drug-likeness (QED) is 0.542. The van der Waals surface area contributed by atoms with Crippen molar-refractivity contribution in [1.29, 1.82) is 0 Å². The molecule has 0 aromatic carbocycles. The van der Waals surface area contributed by atoms with Crippen LogP contribution in [0.2, 0.25) is 0 Å². The van der Waals surface area contributed by atoms with Crippen molar-refractivity contribution in [3.63, 3.8) is 0 Å². The SMILES string of the molecule is CC1(C)[CH]CC1CO. The Bertz CT molecular complexity index is 84.4. The van der Waals surface area contributed by atoms with E-state index in [2.05, 4.69) is 20.3 Å². The van der Waals surface area contributed by atoms with Crippen molar-refractivity contribution >= 4 is 0 Å². The first-order chi connectivity index (χ1) is 3.67. The van der Waals surface area contributed by atoms with E-state index in [0.29, 0.717) is 17.9 Å². The van der Waals surface area contributed by atoms with Crippen molar-refractivity contribution in [3.8, 4) is 0 Å². The van der Waals surface area contributed by atoms with Gasteiger partial charge in [-0.25, -0.2) is 0 Å². The summed E-state index contributed by atoms with van der Waals surface area (Å²) in [6.07, 6.45) is 3.36. The van der Waals surface area contributed by atoms with Gasteiger partial charge in [-0.15, -0.1) is 0 Å². The highest BCUT2D eigenvalue weighted by Crippen LogP contribution is 2.44. The van der Waals surface area contributed by atoms with E-state index in [-0.39, 0.29) is 0 Å². The van der Waals surface area contributed by atoms with Gasteiger partial charge in [0.2, 0.25) is 0 Å². The number of aliphatic hydroxyl groups excluding tert-OH is 1. The molecule has 0 aromatic rings. The van der Waals surface area contributed by atoms with Crippen molar-refractivity contribution < 1.29 is 5.11 Å². The molecule has 47 valence electrons. The Hall–Kier alpha value is -0.0400. The third-order valence-corrected chi connectivity index (χ3v) is 2.20. The topological polar surface area (TPSA) is 20.2 Å². The summed E-state index contributed by atoms with van der Waals surface area (Å²) < 4.78 is 0. The molecule has 0 amide bonds. The minimum atomic E-state index is 0.314. The highest BCUT2D eigenvalue weighted by Gasteiger charge is 2.37. The Morgan fingerprint density at radius 2 is 2.38 bits per heavy atom. The molecule has 0 bridgehead atoms. The average molecular weight is 113 g/mol. The summed E-state index contributed by atoms with van der Waals surface area (Å²) in [5.41, 5.74) is 0.314. The maximum atomic E-state index is 8.70. The fraction of sp³-hybridized carbons (Fsp3) is 0.857. The highest BCUT2D eigenvalue weighted by atomic mass is 16.3. The van der Waals surface area contributed by atoms with Crippen molar-refractivity contribution in [3.05, 3.63) is 6.42 Å². The molecule has 1 aliphatic carbocycles. The van der Waals surface area contributed by atoms with Gasteiger partial charge in [0, 0.05) is 6.61 Å². The molecule has 8 heavy (non-hydrogen) atoms. The predicted molar refractivity (Wildman–Crippen MR) is 33.3 cm³/mol. The molecule has 1 aliphatic rings. The van der Waals surface area contributed by atoms with Gasteiger partial charge in [0.15, 0.2) is 0 Å². The van der Waals surface area contributed by atoms with Crippen LogP contribution in [0.25, 0.3) is 0 Å². The van der Waals surface area contributed by atoms with Crippen LogP contribution in [-0.4, -0.2) is 11.7 Å². The molecule has 0 heterocycles. The van der Waals surface area contributed by atoms with E-state index < -0.39 is 0 Å². The molecular weight excluding hydrogens is 100 g/mol. The maximum Gasteiger partial charge on any atom is 0.0464 e. The molecule has 0 aromatic heterocycles. The minimum Gasteiger partial charge on any atom is -0.396 e. The molecule has 0 saturated heterocycles. The van der Waals surface area contributed by atoms with Gasteiger partial charge < -0.3 is 5.11 Å². The first kappa shape index (κ1) is 6.09. The fourth-order valence-corrected chi connectivity index (χ4v) is 1.07. The predicted octanol–water partition coefficient (Wildman–Crippen LogP) is 1.23. The number of hydrogen-bond donors (Lipinski definition) is 1.